The van der Waals surface area contributed by atoms with Crippen molar-refractivity contribution in [3.63, 3.8) is 0 Å². The molecule has 5 nitrogen and oxygen atoms in total. The molecular formula is C21H26N2O3S. The van der Waals surface area contributed by atoms with Crippen LogP contribution in [0, 0.1) is 0 Å². The number of sulfone groups is 1. The Morgan fingerprint density at radius 1 is 1.07 bits per heavy atom. The molecule has 27 heavy (non-hydrogen) atoms. The summed E-state index contributed by atoms with van der Waals surface area (Å²) >= 11 is 0. The monoisotopic (exact) mass is 386 g/mol. The lowest BCUT2D eigenvalue weighted by Crippen LogP contribution is -2.20. The fourth-order valence-electron chi connectivity index (χ4n) is 3.34. The molecule has 0 saturated carbocycles. The van der Waals surface area contributed by atoms with E-state index in [9.17, 15) is 13.2 Å². The number of hydrogen-bond acceptors (Lipinski definition) is 4. The minimum Gasteiger partial charge on any atom is -0.322 e. The van der Waals surface area contributed by atoms with E-state index in [1.54, 1.807) is 12.1 Å². The van der Waals surface area contributed by atoms with Crippen LogP contribution < -0.4 is 5.32 Å². The zero-order chi connectivity index (χ0) is 19.3. The summed E-state index contributed by atoms with van der Waals surface area (Å²) in [5.74, 6) is -0.317. The van der Waals surface area contributed by atoms with Gasteiger partial charge in [-0.3, -0.25) is 4.79 Å². The molecule has 2 aromatic rings. The summed E-state index contributed by atoms with van der Waals surface area (Å²) in [6.07, 6.45) is 5.95. The van der Waals surface area contributed by atoms with E-state index in [4.69, 9.17) is 0 Å². The molecule has 0 atom stereocenters. The third-order valence-electron chi connectivity index (χ3n) is 4.87. The zero-order valence-electron chi connectivity index (χ0n) is 15.6. The first kappa shape index (κ1) is 19.6. The predicted molar refractivity (Wildman–Crippen MR) is 108 cm³/mol. The highest BCUT2D eigenvalue weighted by atomic mass is 32.2. The van der Waals surface area contributed by atoms with Crippen LogP contribution in [-0.2, 0) is 16.3 Å². The zero-order valence-corrected chi connectivity index (χ0v) is 16.5. The average Bonchev–Trinajstić information content (AvgIpc) is 3.16. The number of aryl methyl sites for hydroxylation is 1. The maximum atomic E-state index is 12.4. The van der Waals surface area contributed by atoms with Gasteiger partial charge in [0.1, 0.15) is 0 Å². The lowest BCUT2D eigenvalue weighted by molar-refractivity contribution is 0.102. The Labute approximate surface area is 161 Å². The molecule has 0 bridgehead atoms. The molecule has 1 amide bonds. The number of amides is 1. The third kappa shape index (κ3) is 5.65. The van der Waals surface area contributed by atoms with Crippen molar-refractivity contribution in [3.05, 3.63) is 59.7 Å². The van der Waals surface area contributed by atoms with Gasteiger partial charge in [0, 0.05) is 17.5 Å². The Balaban J connectivity index is 1.55. The Bertz CT molecular complexity index is 886. The fourth-order valence-corrected chi connectivity index (χ4v) is 4.01. The number of nitrogens with zero attached hydrogens (tertiary/aromatic N) is 1. The Morgan fingerprint density at radius 3 is 2.44 bits per heavy atom. The molecule has 144 valence electrons. The number of benzene rings is 2. The van der Waals surface area contributed by atoms with Crippen LogP contribution >= 0.6 is 0 Å². The average molecular weight is 387 g/mol. The van der Waals surface area contributed by atoms with E-state index in [1.165, 1.54) is 43.6 Å². The SMILES string of the molecule is CS(=O)(=O)c1cccc(C(=O)Nc2ccc(CCCN3CCCC3)cc2)c1. The molecule has 0 spiro atoms. The van der Waals surface area contributed by atoms with Gasteiger partial charge in [0.05, 0.1) is 4.90 Å². The number of carbonyl (C=O) groups excluding carboxylic acids is 1. The maximum absolute atomic E-state index is 12.4. The first-order valence-electron chi connectivity index (χ1n) is 9.34. The van der Waals surface area contributed by atoms with Gasteiger partial charge in [0.2, 0.25) is 0 Å². The van der Waals surface area contributed by atoms with Crippen LogP contribution in [0.15, 0.2) is 53.4 Å². The van der Waals surface area contributed by atoms with Gasteiger partial charge >= 0.3 is 0 Å². The highest BCUT2D eigenvalue weighted by Gasteiger charge is 2.12. The van der Waals surface area contributed by atoms with Crippen LogP contribution in [0.2, 0.25) is 0 Å². The van der Waals surface area contributed by atoms with Crippen LogP contribution in [0.3, 0.4) is 0 Å². The number of anilines is 1. The molecule has 0 radical (unpaired) electrons. The summed E-state index contributed by atoms with van der Waals surface area (Å²) in [6, 6.07) is 13.9. The maximum Gasteiger partial charge on any atom is 0.255 e. The number of carbonyl (C=O) groups is 1. The standard InChI is InChI=1S/C21H26N2O3S/c1-27(25,26)20-8-4-7-18(16-20)21(24)22-19-11-9-17(10-12-19)6-5-15-23-13-2-3-14-23/h4,7-12,16H,2-3,5-6,13-15H2,1H3,(H,22,24). The van der Waals surface area contributed by atoms with E-state index >= 15 is 0 Å². The molecule has 1 aliphatic rings. The van der Waals surface area contributed by atoms with Crippen molar-refractivity contribution < 1.29 is 13.2 Å². The number of rotatable bonds is 7. The van der Waals surface area contributed by atoms with E-state index in [1.807, 2.05) is 24.3 Å². The molecule has 0 aromatic heterocycles. The second kappa shape index (κ2) is 8.67. The number of likely N-dealkylation sites (tertiary alicyclic amines) is 1. The second-order valence-electron chi connectivity index (χ2n) is 7.10. The first-order valence-corrected chi connectivity index (χ1v) is 11.2. The molecule has 3 rings (SSSR count). The summed E-state index contributed by atoms with van der Waals surface area (Å²) in [7, 11) is -3.34. The number of nitrogens with one attached hydrogen (secondary N) is 1. The van der Waals surface area contributed by atoms with E-state index in [2.05, 4.69) is 10.2 Å². The van der Waals surface area contributed by atoms with Gasteiger partial charge in [-0.15, -0.1) is 0 Å². The topological polar surface area (TPSA) is 66.5 Å². The second-order valence-corrected chi connectivity index (χ2v) is 9.12. The van der Waals surface area contributed by atoms with E-state index in [-0.39, 0.29) is 10.8 Å². The third-order valence-corrected chi connectivity index (χ3v) is 5.98. The Kier molecular flexibility index (Phi) is 6.29. The van der Waals surface area contributed by atoms with Crippen molar-refractivity contribution >= 4 is 21.4 Å². The van der Waals surface area contributed by atoms with Gasteiger partial charge in [-0.25, -0.2) is 8.42 Å². The van der Waals surface area contributed by atoms with Gasteiger partial charge in [0.25, 0.3) is 5.91 Å². The molecule has 6 heteroatoms. The van der Waals surface area contributed by atoms with Crippen LogP contribution in [-0.4, -0.2) is 45.1 Å². The molecule has 1 heterocycles. The van der Waals surface area contributed by atoms with Crippen molar-refractivity contribution in [1.82, 2.24) is 4.90 Å². The highest BCUT2D eigenvalue weighted by Crippen LogP contribution is 2.16. The van der Waals surface area contributed by atoms with Crippen LogP contribution in [0.4, 0.5) is 5.69 Å². The van der Waals surface area contributed by atoms with Crippen LogP contribution in [0.25, 0.3) is 0 Å². The Morgan fingerprint density at radius 2 is 1.78 bits per heavy atom. The van der Waals surface area contributed by atoms with Gasteiger partial charge in [-0.2, -0.15) is 0 Å². The molecule has 1 saturated heterocycles. The molecule has 1 aliphatic heterocycles. The summed E-state index contributed by atoms with van der Waals surface area (Å²) in [4.78, 5) is 15.0. The molecule has 1 N–H and O–H groups in total. The number of hydrogen-bond donors (Lipinski definition) is 1. The van der Waals surface area contributed by atoms with Crippen molar-refractivity contribution in [1.29, 1.82) is 0 Å². The van der Waals surface area contributed by atoms with E-state index < -0.39 is 9.84 Å². The van der Waals surface area contributed by atoms with Crippen molar-refractivity contribution in [3.8, 4) is 0 Å². The predicted octanol–water partition coefficient (Wildman–Crippen LogP) is 3.37. The van der Waals surface area contributed by atoms with Crippen molar-refractivity contribution in [2.24, 2.45) is 0 Å². The quantitative estimate of drug-likeness (QED) is 0.792. The van der Waals surface area contributed by atoms with E-state index in [0.717, 1.165) is 25.6 Å². The lowest BCUT2D eigenvalue weighted by Gasteiger charge is -2.14. The minimum atomic E-state index is -3.34. The normalized spacial score (nSPS) is 15.0. The smallest absolute Gasteiger partial charge is 0.255 e. The molecule has 0 unspecified atom stereocenters. The summed E-state index contributed by atoms with van der Waals surface area (Å²) < 4.78 is 23.3. The van der Waals surface area contributed by atoms with Gasteiger partial charge in [-0.1, -0.05) is 18.2 Å². The summed E-state index contributed by atoms with van der Waals surface area (Å²) in [5, 5.41) is 2.82. The highest BCUT2D eigenvalue weighted by molar-refractivity contribution is 7.90. The summed E-state index contributed by atoms with van der Waals surface area (Å²) in [5.41, 5.74) is 2.28. The lowest BCUT2D eigenvalue weighted by atomic mass is 10.1. The van der Waals surface area contributed by atoms with Gasteiger partial charge in [0.15, 0.2) is 9.84 Å². The minimum absolute atomic E-state index is 0.142. The Hall–Kier alpha value is -2.18. The van der Waals surface area contributed by atoms with Crippen molar-refractivity contribution in [2.45, 2.75) is 30.6 Å². The van der Waals surface area contributed by atoms with Crippen LogP contribution in [0.1, 0.15) is 35.2 Å². The van der Waals surface area contributed by atoms with Gasteiger partial charge < -0.3 is 10.2 Å². The molecule has 2 aromatic carbocycles. The van der Waals surface area contributed by atoms with Crippen molar-refractivity contribution in [2.75, 3.05) is 31.2 Å². The molecular weight excluding hydrogens is 360 g/mol. The fraction of sp³-hybridized carbons (Fsp3) is 0.381. The largest absolute Gasteiger partial charge is 0.322 e. The summed E-state index contributed by atoms with van der Waals surface area (Å²) in [6.45, 7) is 3.60. The molecule has 1 fully saturated rings. The van der Waals surface area contributed by atoms with E-state index in [0.29, 0.717) is 11.3 Å². The van der Waals surface area contributed by atoms with Gasteiger partial charge in [-0.05, 0) is 81.2 Å². The first-order chi connectivity index (χ1) is 12.9. The molecule has 0 aliphatic carbocycles. The van der Waals surface area contributed by atoms with Crippen LogP contribution in [0.5, 0.6) is 0 Å².